The first-order chi connectivity index (χ1) is 23.8. The normalized spacial score (nSPS) is 17.9. The van der Waals surface area contributed by atoms with E-state index in [0.717, 1.165) is 50.5 Å². The van der Waals surface area contributed by atoms with Crippen LogP contribution in [-0.2, 0) is 25.5 Å². The number of likely N-dealkylation sites (tertiary alicyclic amines) is 1. The standard InChI is InChI=1S/C39H46FNO8/c1-46-34-20-18-26(22-35(34)47-2)17-19-33(28-12-9-15-31(24-28)48-25-36(42)43)49-39(45)32-16-6-7-21-41(32)38(44)37(27-10-4-3-5-11-27)29-13-8-14-30(40)23-29/h8-9,12-15,18,20,22-24,27,32-33,37H,3-7,10-11,16-17,19,21,25H2,1-2H3,(H,42,43)/t32-,33+,37-/m0/s1. The number of aliphatic carboxylic acids is 1. The molecule has 1 amide bonds. The van der Waals surface area contributed by atoms with Crippen LogP contribution in [0.3, 0.4) is 0 Å². The third kappa shape index (κ3) is 9.31. The van der Waals surface area contributed by atoms with Crippen LogP contribution in [0.5, 0.6) is 17.2 Å². The molecule has 49 heavy (non-hydrogen) atoms. The number of aryl methyl sites for hydroxylation is 1. The van der Waals surface area contributed by atoms with Gasteiger partial charge < -0.3 is 29.0 Å². The number of carboxylic acid groups (broad SMARTS) is 1. The van der Waals surface area contributed by atoms with Gasteiger partial charge in [-0.3, -0.25) is 4.79 Å². The Labute approximate surface area is 287 Å². The summed E-state index contributed by atoms with van der Waals surface area (Å²) in [4.78, 5) is 41.5. The van der Waals surface area contributed by atoms with E-state index >= 15 is 0 Å². The Morgan fingerprint density at radius 3 is 2.33 bits per heavy atom. The number of hydrogen-bond donors (Lipinski definition) is 1. The maximum Gasteiger partial charge on any atom is 0.341 e. The molecule has 0 radical (unpaired) electrons. The topological polar surface area (TPSA) is 112 Å². The molecule has 10 heteroatoms. The monoisotopic (exact) mass is 675 g/mol. The van der Waals surface area contributed by atoms with Crippen molar-refractivity contribution in [1.29, 1.82) is 0 Å². The summed E-state index contributed by atoms with van der Waals surface area (Å²) >= 11 is 0. The van der Waals surface area contributed by atoms with Gasteiger partial charge in [-0.1, -0.05) is 49.6 Å². The zero-order chi connectivity index (χ0) is 34.8. The van der Waals surface area contributed by atoms with Crippen molar-refractivity contribution in [2.45, 2.75) is 82.3 Å². The minimum atomic E-state index is -1.10. The van der Waals surface area contributed by atoms with Gasteiger partial charge in [-0.25, -0.2) is 14.0 Å². The SMILES string of the molecule is COc1ccc(CC[C@@H](OC(=O)[C@@H]2CCCCN2C(=O)[C@H](c2cccc(F)c2)C2CCCCC2)c2cccc(OCC(=O)O)c2)cc1OC. The quantitative estimate of drug-likeness (QED) is 0.178. The smallest absolute Gasteiger partial charge is 0.341 e. The minimum Gasteiger partial charge on any atom is -0.493 e. The fraction of sp³-hybridized carbons (Fsp3) is 0.462. The summed E-state index contributed by atoms with van der Waals surface area (Å²) in [5.74, 6) is -1.07. The van der Waals surface area contributed by atoms with Gasteiger partial charge in [0.1, 0.15) is 23.7 Å². The first kappa shape index (κ1) is 35.7. The van der Waals surface area contributed by atoms with Crippen LogP contribution in [0.25, 0.3) is 0 Å². The van der Waals surface area contributed by atoms with E-state index in [9.17, 15) is 18.8 Å². The number of carboxylic acids is 1. The van der Waals surface area contributed by atoms with E-state index < -0.39 is 36.6 Å². The van der Waals surface area contributed by atoms with Crippen molar-refractivity contribution in [3.8, 4) is 17.2 Å². The Morgan fingerprint density at radius 2 is 1.59 bits per heavy atom. The Kier molecular flexibility index (Phi) is 12.5. The lowest BCUT2D eigenvalue weighted by Gasteiger charge is -2.39. The summed E-state index contributed by atoms with van der Waals surface area (Å²) < 4.78 is 37.0. The zero-order valence-corrected chi connectivity index (χ0v) is 28.3. The maximum atomic E-state index is 14.5. The molecular formula is C39H46FNO8. The Morgan fingerprint density at radius 1 is 0.857 bits per heavy atom. The van der Waals surface area contributed by atoms with Crippen molar-refractivity contribution in [2.75, 3.05) is 27.4 Å². The highest BCUT2D eigenvalue weighted by Gasteiger charge is 2.41. The molecule has 5 rings (SSSR count). The van der Waals surface area contributed by atoms with Crippen LogP contribution in [-0.4, -0.2) is 61.3 Å². The van der Waals surface area contributed by atoms with Crippen LogP contribution in [0.1, 0.15) is 86.5 Å². The number of carbonyl (C=O) groups is 3. The number of esters is 1. The molecule has 1 N–H and O–H groups in total. The number of amides is 1. The Balaban J connectivity index is 1.40. The van der Waals surface area contributed by atoms with E-state index in [0.29, 0.717) is 54.2 Å². The summed E-state index contributed by atoms with van der Waals surface area (Å²) in [5.41, 5.74) is 2.24. The fourth-order valence-electron chi connectivity index (χ4n) is 7.20. The first-order valence-electron chi connectivity index (χ1n) is 17.2. The maximum absolute atomic E-state index is 14.5. The van der Waals surface area contributed by atoms with E-state index in [2.05, 4.69) is 0 Å². The number of ether oxygens (including phenoxy) is 4. The molecule has 0 bridgehead atoms. The predicted molar refractivity (Wildman–Crippen MR) is 181 cm³/mol. The van der Waals surface area contributed by atoms with Gasteiger partial charge in [0.2, 0.25) is 5.91 Å². The van der Waals surface area contributed by atoms with Crippen molar-refractivity contribution in [3.05, 3.63) is 89.2 Å². The molecule has 1 saturated heterocycles. The zero-order valence-electron chi connectivity index (χ0n) is 28.3. The molecule has 1 saturated carbocycles. The highest BCUT2D eigenvalue weighted by molar-refractivity contribution is 5.89. The first-order valence-corrected chi connectivity index (χ1v) is 17.2. The summed E-state index contributed by atoms with van der Waals surface area (Å²) in [6, 6.07) is 18.0. The van der Waals surface area contributed by atoms with Gasteiger partial charge in [0.05, 0.1) is 20.1 Å². The molecule has 0 spiro atoms. The van der Waals surface area contributed by atoms with Crippen molar-refractivity contribution in [3.63, 3.8) is 0 Å². The van der Waals surface area contributed by atoms with E-state index in [1.54, 1.807) is 43.4 Å². The van der Waals surface area contributed by atoms with Crippen LogP contribution in [0.4, 0.5) is 4.39 Å². The van der Waals surface area contributed by atoms with Gasteiger partial charge >= 0.3 is 11.9 Å². The number of nitrogens with zero attached hydrogens (tertiary/aromatic N) is 1. The molecule has 0 unspecified atom stereocenters. The van der Waals surface area contributed by atoms with Crippen molar-refractivity contribution in [2.24, 2.45) is 5.92 Å². The highest BCUT2D eigenvalue weighted by Crippen LogP contribution is 2.39. The Hall–Kier alpha value is -4.60. The predicted octanol–water partition coefficient (Wildman–Crippen LogP) is 7.27. The van der Waals surface area contributed by atoms with Crippen LogP contribution in [0, 0.1) is 11.7 Å². The van der Waals surface area contributed by atoms with Gasteiger partial charge in [0.25, 0.3) is 0 Å². The highest BCUT2D eigenvalue weighted by atomic mass is 19.1. The lowest BCUT2D eigenvalue weighted by Crippen LogP contribution is -2.51. The lowest BCUT2D eigenvalue weighted by molar-refractivity contribution is -0.163. The number of hydrogen-bond acceptors (Lipinski definition) is 7. The van der Waals surface area contributed by atoms with Gasteiger partial charge in [-0.15, -0.1) is 0 Å². The molecule has 9 nitrogen and oxygen atoms in total. The van der Waals surface area contributed by atoms with Crippen LogP contribution in [0.15, 0.2) is 66.7 Å². The van der Waals surface area contributed by atoms with Crippen LogP contribution in [0.2, 0.25) is 0 Å². The number of piperidine rings is 1. The molecular weight excluding hydrogens is 629 g/mol. The summed E-state index contributed by atoms with van der Waals surface area (Å²) in [6.45, 7) is -0.0852. The van der Waals surface area contributed by atoms with Gasteiger partial charge in [-0.05, 0) is 104 Å². The third-order valence-corrected chi connectivity index (χ3v) is 9.65. The largest absolute Gasteiger partial charge is 0.493 e. The molecule has 1 aliphatic carbocycles. The number of halogens is 1. The minimum absolute atomic E-state index is 0.0735. The second kappa shape index (κ2) is 17.2. The molecule has 3 atom stereocenters. The van der Waals surface area contributed by atoms with Crippen molar-refractivity contribution in [1.82, 2.24) is 4.90 Å². The molecule has 0 aromatic heterocycles. The molecule has 1 heterocycles. The average Bonchev–Trinajstić information content (AvgIpc) is 3.13. The number of benzene rings is 3. The number of carbonyl (C=O) groups excluding carboxylic acids is 2. The van der Waals surface area contributed by atoms with Gasteiger partial charge in [-0.2, -0.15) is 0 Å². The molecule has 262 valence electrons. The number of rotatable bonds is 14. The molecule has 2 fully saturated rings. The second-order valence-corrected chi connectivity index (χ2v) is 12.9. The summed E-state index contributed by atoms with van der Waals surface area (Å²) in [5, 5.41) is 9.12. The fourth-order valence-corrected chi connectivity index (χ4v) is 7.20. The van der Waals surface area contributed by atoms with Gasteiger partial charge in [0.15, 0.2) is 18.1 Å². The summed E-state index contributed by atoms with van der Waals surface area (Å²) in [6.07, 6.45) is 7.13. The molecule has 3 aromatic rings. The summed E-state index contributed by atoms with van der Waals surface area (Å²) in [7, 11) is 3.14. The molecule has 2 aliphatic rings. The molecule has 1 aliphatic heterocycles. The average molecular weight is 676 g/mol. The van der Waals surface area contributed by atoms with Crippen molar-refractivity contribution >= 4 is 17.8 Å². The van der Waals surface area contributed by atoms with E-state index in [1.807, 2.05) is 30.3 Å². The third-order valence-electron chi connectivity index (χ3n) is 9.65. The second-order valence-electron chi connectivity index (χ2n) is 12.9. The molecule has 3 aromatic carbocycles. The van der Waals surface area contributed by atoms with E-state index in [4.69, 9.17) is 24.1 Å². The number of methoxy groups -OCH3 is 2. The van der Waals surface area contributed by atoms with E-state index in [1.165, 1.54) is 12.1 Å². The van der Waals surface area contributed by atoms with Crippen molar-refractivity contribution < 1.29 is 42.8 Å². The Bertz CT molecular complexity index is 1590. The van der Waals surface area contributed by atoms with Gasteiger partial charge in [0, 0.05) is 6.54 Å². The van der Waals surface area contributed by atoms with E-state index in [-0.39, 0.29) is 17.6 Å². The van der Waals surface area contributed by atoms with Crippen LogP contribution >= 0.6 is 0 Å². The van der Waals surface area contributed by atoms with Crippen LogP contribution < -0.4 is 14.2 Å². The lowest BCUT2D eigenvalue weighted by atomic mass is 9.75.